The second-order valence-corrected chi connectivity index (χ2v) is 4.54. The highest BCUT2D eigenvalue weighted by atomic mass is 16.3. The third-order valence-corrected chi connectivity index (χ3v) is 3.13. The Kier molecular flexibility index (Phi) is 2.88. The minimum Gasteiger partial charge on any atom is -0.467 e. The minimum atomic E-state index is -0.0855. The van der Waals surface area contributed by atoms with Crippen molar-refractivity contribution in [3.63, 3.8) is 0 Å². The molecule has 0 spiro atoms. The van der Waals surface area contributed by atoms with Gasteiger partial charge in [0.15, 0.2) is 0 Å². The van der Waals surface area contributed by atoms with Gasteiger partial charge in [0.2, 0.25) is 5.91 Å². The second-order valence-electron chi connectivity index (χ2n) is 4.54. The van der Waals surface area contributed by atoms with Gasteiger partial charge in [-0.05, 0) is 31.0 Å². The molecule has 0 radical (unpaired) electrons. The molecule has 1 saturated carbocycles. The normalized spacial score (nSPS) is 16.4. The molecule has 0 aliphatic heterocycles. The molecule has 3 rings (SSSR count). The number of hydrogen-bond acceptors (Lipinski definition) is 3. The third kappa shape index (κ3) is 2.30. The first-order valence-corrected chi connectivity index (χ1v) is 6.15. The van der Waals surface area contributed by atoms with Gasteiger partial charge in [-0.2, -0.15) is 5.10 Å². The summed E-state index contributed by atoms with van der Waals surface area (Å²) in [7, 11) is 0. The molecule has 1 aliphatic carbocycles. The molecule has 0 aromatic carbocycles. The number of nitrogens with zero attached hydrogens (tertiary/aromatic N) is 2. The Balaban J connectivity index is 1.71. The summed E-state index contributed by atoms with van der Waals surface area (Å²) in [4.78, 5) is 11.7. The monoisotopic (exact) mass is 245 g/mol. The quantitative estimate of drug-likeness (QED) is 0.870. The molecule has 5 heteroatoms. The van der Waals surface area contributed by atoms with E-state index in [-0.39, 0.29) is 17.9 Å². The van der Waals surface area contributed by atoms with E-state index < -0.39 is 0 Å². The van der Waals surface area contributed by atoms with Gasteiger partial charge in [-0.25, -0.2) is 0 Å². The van der Waals surface area contributed by atoms with Gasteiger partial charge < -0.3 is 9.73 Å². The average Bonchev–Trinajstić information content (AvgIpc) is 2.89. The number of hydrogen-bond donors (Lipinski definition) is 1. The number of nitrogens with one attached hydrogen (secondary N) is 1. The Hall–Kier alpha value is -2.04. The van der Waals surface area contributed by atoms with Crippen molar-refractivity contribution < 1.29 is 9.21 Å². The smallest absolute Gasteiger partial charge is 0.223 e. The Bertz CT molecular complexity index is 466. The molecular formula is C13H15N3O2. The zero-order valence-corrected chi connectivity index (χ0v) is 9.95. The van der Waals surface area contributed by atoms with Crippen LogP contribution >= 0.6 is 0 Å². The molecule has 18 heavy (non-hydrogen) atoms. The molecule has 1 aliphatic rings. The largest absolute Gasteiger partial charge is 0.467 e. The first-order chi connectivity index (χ1) is 8.84. The van der Waals surface area contributed by atoms with Crippen molar-refractivity contribution in [2.75, 3.05) is 6.54 Å². The molecule has 1 atom stereocenters. The molecule has 0 bridgehead atoms. The summed E-state index contributed by atoms with van der Waals surface area (Å²) in [5.41, 5.74) is 0. The maximum Gasteiger partial charge on any atom is 0.223 e. The number of amides is 1. The van der Waals surface area contributed by atoms with Crippen LogP contribution in [0.3, 0.4) is 0 Å². The Labute approximate surface area is 105 Å². The van der Waals surface area contributed by atoms with Crippen LogP contribution in [0, 0.1) is 5.92 Å². The molecule has 2 aromatic heterocycles. The average molecular weight is 245 g/mol. The second kappa shape index (κ2) is 4.68. The lowest BCUT2D eigenvalue weighted by Crippen LogP contribution is -2.32. The van der Waals surface area contributed by atoms with Crippen LogP contribution in [-0.2, 0) is 4.79 Å². The number of furan rings is 1. The van der Waals surface area contributed by atoms with Crippen LogP contribution < -0.4 is 5.32 Å². The highest BCUT2D eigenvalue weighted by Crippen LogP contribution is 2.29. The fraction of sp³-hybridized carbons (Fsp3) is 0.385. The summed E-state index contributed by atoms with van der Waals surface area (Å²) in [6, 6.07) is 5.51. The van der Waals surface area contributed by atoms with E-state index in [2.05, 4.69) is 10.4 Å². The van der Waals surface area contributed by atoms with E-state index in [4.69, 9.17) is 4.42 Å². The van der Waals surface area contributed by atoms with Crippen molar-refractivity contribution in [1.29, 1.82) is 0 Å². The predicted octanol–water partition coefficient (Wildman–Crippen LogP) is 1.59. The first kappa shape index (κ1) is 11.1. The van der Waals surface area contributed by atoms with Crippen molar-refractivity contribution >= 4 is 5.91 Å². The lowest BCUT2D eigenvalue weighted by atomic mass is 10.2. The topological polar surface area (TPSA) is 60.1 Å². The lowest BCUT2D eigenvalue weighted by Gasteiger charge is -2.16. The van der Waals surface area contributed by atoms with Gasteiger partial charge >= 0.3 is 0 Å². The van der Waals surface area contributed by atoms with Crippen LogP contribution in [0.4, 0.5) is 0 Å². The van der Waals surface area contributed by atoms with Crippen molar-refractivity contribution in [3.8, 4) is 0 Å². The van der Waals surface area contributed by atoms with Gasteiger partial charge in [-0.1, -0.05) is 0 Å². The molecule has 0 unspecified atom stereocenters. The molecule has 5 nitrogen and oxygen atoms in total. The first-order valence-electron chi connectivity index (χ1n) is 6.15. The van der Waals surface area contributed by atoms with Gasteiger partial charge in [-0.15, -0.1) is 0 Å². The molecule has 94 valence electrons. The summed E-state index contributed by atoms with van der Waals surface area (Å²) in [6.45, 7) is 0.504. The Morgan fingerprint density at radius 3 is 3.06 bits per heavy atom. The van der Waals surface area contributed by atoms with Crippen LogP contribution in [0.25, 0.3) is 0 Å². The Morgan fingerprint density at radius 2 is 2.44 bits per heavy atom. The predicted molar refractivity (Wildman–Crippen MR) is 64.8 cm³/mol. The molecule has 2 heterocycles. The fourth-order valence-corrected chi connectivity index (χ4v) is 1.96. The zero-order valence-electron chi connectivity index (χ0n) is 9.95. The van der Waals surface area contributed by atoms with E-state index in [1.54, 1.807) is 17.1 Å². The summed E-state index contributed by atoms with van der Waals surface area (Å²) < 4.78 is 7.21. The van der Waals surface area contributed by atoms with E-state index in [1.165, 1.54) is 0 Å². The standard InChI is InChI=1S/C13H15N3O2/c17-13(10-4-5-10)14-9-11(12-3-1-8-18-12)16-7-2-6-15-16/h1-3,6-8,10-11H,4-5,9H2,(H,14,17)/t11-/m1/s1. The van der Waals surface area contributed by atoms with Crippen LogP contribution in [0.1, 0.15) is 24.6 Å². The highest BCUT2D eigenvalue weighted by molar-refractivity contribution is 5.80. The van der Waals surface area contributed by atoms with Crippen LogP contribution in [0.2, 0.25) is 0 Å². The Morgan fingerprint density at radius 1 is 1.56 bits per heavy atom. The summed E-state index contributed by atoms with van der Waals surface area (Å²) in [5.74, 6) is 1.16. The van der Waals surface area contributed by atoms with Crippen molar-refractivity contribution in [3.05, 3.63) is 42.6 Å². The molecule has 1 fully saturated rings. The van der Waals surface area contributed by atoms with Gasteiger partial charge in [-0.3, -0.25) is 9.48 Å². The fourth-order valence-electron chi connectivity index (χ4n) is 1.96. The van der Waals surface area contributed by atoms with Crippen LogP contribution in [0.15, 0.2) is 41.3 Å². The number of carbonyl (C=O) groups is 1. The minimum absolute atomic E-state index is 0.0855. The van der Waals surface area contributed by atoms with Crippen LogP contribution in [0.5, 0.6) is 0 Å². The molecule has 2 aromatic rings. The third-order valence-electron chi connectivity index (χ3n) is 3.13. The van der Waals surface area contributed by atoms with Crippen molar-refractivity contribution in [1.82, 2.24) is 15.1 Å². The van der Waals surface area contributed by atoms with E-state index in [0.717, 1.165) is 18.6 Å². The molecule has 1 amide bonds. The number of carbonyl (C=O) groups excluding carboxylic acids is 1. The van der Waals surface area contributed by atoms with E-state index in [0.29, 0.717) is 6.54 Å². The lowest BCUT2D eigenvalue weighted by molar-refractivity contribution is -0.122. The van der Waals surface area contributed by atoms with E-state index in [1.807, 2.05) is 24.4 Å². The SMILES string of the molecule is O=C(NC[C@H](c1ccco1)n1cccn1)C1CC1. The van der Waals surface area contributed by atoms with Gasteiger partial charge in [0.05, 0.1) is 6.26 Å². The summed E-state index contributed by atoms with van der Waals surface area (Å²) in [5, 5.41) is 7.18. The molecule has 0 saturated heterocycles. The van der Waals surface area contributed by atoms with E-state index >= 15 is 0 Å². The summed E-state index contributed by atoms with van der Waals surface area (Å²) >= 11 is 0. The van der Waals surface area contributed by atoms with Crippen LogP contribution in [-0.4, -0.2) is 22.2 Å². The van der Waals surface area contributed by atoms with Crippen molar-refractivity contribution in [2.24, 2.45) is 5.92 Å². The highest BCUT2D eigenvalue weighted by Gasteiger charge is 2.30. The van der Waals surface area contributed by atoms with E-state index in [9.17, 15) is 4.79 Å². The number of aromatic nitrogens is 2. The number of rotatable bonds is 5. The zero-order chi connectivity index (χ0) is 12.4. The molecular weight excluding hydrogens is 230 g/mol. The molecule has 1 N–H and O–H groups in total. The maximum atomic E-state index is 11.7. The maximum absolute atomic E-state index is 11.7. The van der Waals surface area contributed by atoms with Gasteiger partial charge in [0, 0.05) is 24.9 Å². The van der Waals surface area contributed by atoms with Gasteiger partial charge in [0.25, 0.3) is 0 Å². The van der Waals surface area contributed by atoms with Crippen molar-refractivity contribution in [2.45, 2.75) is 18.9 Å². The summed E-state index contributed by atoms with van der Waals surface area (Å²) in [6.07, 6.45) is 7.25. The van der Waals surface area contributed by atoms with Gasteiger partial charge in [0.1, 0.15) is 11.8 Å².